The zero-order chi connectivity index (χ0) is 19.2. The molecule has 1 atom stereocenters. The Hall–Kier alpha value is -1.84. The minimum Gasteiger partial charge on any atom is -0.478 e. The minimum absolute atomic E-state index is 0.0260. The topological polar surface area (TPSA) is 74.6 Å². The van der Waals surface area contributed by atoms with Crippen LogP contribution in [-0.2, 0) is 12.8 Å². The van der Waals surface area contributed by atoms with E-state index in [9.17, 15) is 19.8 Å². The van der Waals surface area contributed by atoms with Crippen LogP contribution in [0.5, 0.6) is 0 Å². The van der Waals surface area contributed by atoms with Crippen molar-refractivity contribution in [3.05, 3.63) is 34.4 Å². The third-order valence-corrected chi connectivity index (χ3v) is 4.50. The molecule has 0 spiro atoms. The standard InChI is InChI=1S/C21H32O4/c1-6-7-8-16-15(10-9-14(2)13-21(3,4)5)11-12-17(19(22)23)18(16)20(24)25/h11-12,14H,6-10,13H2,1-5H3,(H,22,23)(H,24,25). The summed E-state index contributed by atoms with van der Waals surface area (Å²) in [6.07, 6.45) is 5.28. The SMILES string of the molecule is CCCCc1c(CCC(C)CC(C)(C)C)ccc(C(=O)O)c1C(=O)O. The Labute approximate surface area is 151 Å². The van der Waals surface area contributed by atoms with Crippen molar-refractivity contribution in [2.45, 2.75) is 73.1 Å². The smallest absolute Gasteiger partial charge is 0.336 e. The number of rotatable bonds is 9. The van der Waals surface area contributed by atoms with E-state index < -0.39 is 11.9 Å². The molecule has 0 aliphatic rings. The lowest BCUT2D eigenvalue weighted by atomic mass is 9.82. The van der Waals surface area contributed by atoms with Gasteiger partial charge in [0, 0.05) is 0 Å². The molecule has 140 valence electrons. The van der Waals surface area contributed by atoms with Gasteiger partial charge in [-0.25, -0.2) is 9.59 Å². The molecule has 0 bridgehead atoms. The number of hydrogen-bond acceptors (Lipinski definition) is 2. The fourth-order valence-corrected chi connectivity index (χ4v) is 3.54. The van der Waals surface area contributed by atoms with Crippen LogP contribution in [0.4, 0.5) is 0 Å². The summed E-state index contributed by atoms with van der Waals surface area (Å²) in [6.45, 7) is 10.9. The van der Waals surface area contributed by atoms with E-state index in [2.05, 4.69) is 27.7 Å². The van der Waals surface area contributed by atoms with Crippen molar-refractivity contribution in [2.24, 2.45) is 11.3 Å². The highest BCUT2D eigenvalue weighted by atomic mass is 16.4. The fraction of sp³-hybridized carbons (Fsp3) is 0.619. The van der Waals surface area contributed by atoms with Crippen molar-refractivity contribution in [2.75, 3.05) is 0 Å². The molecule has 4 nitrogen and oxygen atoms in total. The first-order chi connectivity index (χ1) is 11.6. The largest absolute Gasteiger partial charge is 0.478 e. The van der Waals surface area contributed by atoms with E-state index in [0.29, 0.717) is 17.9 Å². The average Bonchev–Trinajstić information content (AvgIpc) is 2.48. The zero-order valence-electron chi connectivity index (χ0n) is 16.2. The van der Waals surface area contributed by atoms with Gasteiger partial charge in [0.05, 0.1) is 11.1 Å². The molecular weight excluding hydrogens is 316 g/mol. The molecule has 0 saturated heterocycles. The molecule has 1 aromatic carbocycles. The summed E-state index contributed by atoms with van der Waals surface area (Å²) >= 11 is 0. The van der Waals surface area contributed by atoms with E-state index in [4.69, 9.17) is 0 Å². The van der Waals surface area contributed by atoms with Crippen molar-refractivity contribution in [1.29, 1.82) is 0 Å². The van der Waals surface area contributed by atoms with E-state index in [1.807, 2.05) is 13.0 Å². The molecule has 2 N–H and O–H groups in total. The Kier molecular flexibility index (Phi) is 7.65. The summed E-state index contributed by atoms with van der Waals surface area (Å²) in [4.78, 5) is 23.1. The second kappa shape index (κ2) is 9.02. The summed E-state index contributed by atoms with van der Waals surface area (Å²) in [6, 6.07) is 3.26. The lowest BCUT2D eigenvalue weighted by Gasteiger charge is -2.23. The van der Waals surface area contributed by atoms with Crippen molar-refractivity contribution in [1.82, 2.24) is 0 Å². The summed E-state index contributed by atoms with van der Waals surface area (Å²) in [5, 5.41) is 18.9. The number of unbranched alkanes of at least 4 members (excludes halogenated alkanes) is 1. The Bertz CT molecular complexity index is 611. The van der Waals surface area contributed by atoms with Gasteiger partial charge in [0.2, 0.25) is 0 Å². The van der Waals surface area contributed by atoms with E-state index in [0.717, 1.165) is 37.7 Å². The van der Waals surface area contributed by atoms with E-state index >= 15 is 0 Å². The molecule has 4 heteroatoms. The molecule has 0 amide bonds. The van der Waals surface area contributed by atoms with Gasteiger partial charge in [0.25, 0.3) is 0 Å². The second-order valence-electron chi connectivity index (χ2n) is 8.25. The number of hydrogen-bond donors (Lipinski definition) is 2. The number of benzene rings is 1. The van der Waals surface area contributed by atoms with E-state index in [1.165, 1.54) is 6.07 Å². The molecule has 0 fully saturated rings. The van der Waals surface area contributed by atoms with Gasteiger partial charge >= 0.3 is 11.9 Å². The molecule has 25 heavy (non-hydrogen) atoms. The van der Waals surface area contributed by atoms with Crippen LogP contribution in [0.1, 0.15) is 92.1 Å². The van der Waals surface area contributed by atoms with Crippen LogP contribution in [-0.4, -0.2) is 22.2 Å². The highest BCUT2D eigenvalue weighted by molar-refractivity contribution is 6.03. The summed E-state index contributed by atoms with van der Waals surface area (Å²) in [5.74, 6) is -1.79. The highest BCUT2D eigenvalue weighted by Gasteiger charge is 2.23. The first-order valence-corrected chi connectivity index (χ1v) is 9.18. The first kappa shape index (κ1) is 21.2. The Balaban J connectivity index is 3.15. The zero-order valence-corrected chi connectivity index (χ0v) is 16.2. The van der Waals surface area contributed by atoms with Gasteiger partial charge in [-0.05, 0) is 60.6 Å². The van der Waals surface area contributed by atoms with Crippen LogP contribution in [0.3, 0.4) is 0 Å². The van der Waals surface area contributed by atoms with Crippen molar-refractivity contribution >= 4 is 11.9 Å². The Morgan fingerprint density at radius 1 is 1.08 bits per heavy atom. The maximum atomic E-state index is 11.7. The van der Waals surface area contributed by atoms with Gasteiger partial charge in [-0.2, -0.15) is 0 Å². The third-order valence-electron chi connectivity index (χ3n) is 4.50. The Morgan fingerprint density at radius 2 is 1.72 bits per heavy atom. The Morgan fingerprint density at radius 3 is 2.20 bits per heavy atom. The quantitative estimate of drug-likeness (QED) is 0.624. The second-order valence-corrected chi connectivity index (χ2v) is 8.25. The van der Waals surface area contributed by atoms with E-state index in [-0.39, 0.29) is 16.5 Å². The molecule has 0 aliphatic heterocycles. The van der Waals surface area contributed by atoms with Gasteiger partial charge in [-0.15, -0.1) is 0 Å². The van der Waals surface area contributed by atoms with Gasteiger partial charge in [0.15, 0.2) is 0 Å². The van der Waals surface area contributed by atoms with Crippen LogP contribution in [0, 0.1) is 11.3 Å². The third kappa shape index (κ3) is 6.52. The molecule has 1 aromatic rings. The number of carboxylic acid groups (broad SMARTS) is 2. The van der Waals surface area contributed by atoms with Gasteiger partial charge in [-0.3, -0.25) is 0 Å². The summed E-state index contributed by atoms with van der Waals surface area (Å²) < 4.78 is 0. The number of carboxylic acids is 2. The molecule has 1 rings (SSSR count). The highest BCUT2D eigenvalue weighted by Crippen LogP contribution is 2.29. The normalized spacial score (nSPS) is 12.8. The van der Waals surface area contributed by atoms with Crippen LogP contribution in [0.15, 0.2) is 12.1 Å². The van der Waals surface area contributed by atoms with Crippen LogP contribution < -0.4 is 0 Å². The summed E-state index contributed by atoms with van der Waals surface area (Å²) in [7, 11) is 0. The van der Waals surface area contributed by atoms with Crippen molar-refractivity contribution in [3.8, 4) is 0 Å². The molecule has 0 aromatic heterocycles. The van der Waals surface area contributed by atoms with Gasteiger partial charge < -0.3 is 10.2 Å². The van der Waals surface area contributed by atoms with Crippen molar-refractivity contribution in [3.63, 3.8) is 0 Å². The molecular formula is C21H32O4. The first-order valence-electron chi connectivity index (χ1n) is 9.18. The number of carbonyl (C=O) groups is 2. The average molecular weight is 348 g/mol. The molecule has 0 radical (unpaired) electrons. The molecule has 0 aliphatic carbocycles. The van der Waals surface area contributed by atoms with Crippen LogP contribution in [0.2, 0.25) is 0 Å². The monoisotopic (exact) mass is 348 g/mol. The molecule has 1 unspecified atom stereocenters. The molecule has 0 heterocycles. The predicted molar refractivity (Wildman–Crippen MR) is 101 cm³/mol. The fourth-order valence-electron chi connectivity index (χ4n) is 3.54. The number of aryl methyl sites for hydroxylation is 1. The number of aromatic carboxylic acids is 2. The van der Waals surface area contributed by atoms with Crippen molar-refractivity contribution < 1.29 is 19.8 Å². The lowest BCUT2D eigenvalue weighted by molar-refractivity contribution is 0.0650. The predicted octanol–water partition coefficient (Wildman–Crippen LogP) is 5.43. The minimum atomic E-state index is -1.18. The molecule has 0 saturated carbocycles. The van der Waals surface area contributed by atoms with Crippen LogP contribution in [0.25, 0.3) is 0 Å². The maximum Gasteiger partial charge on any atom is 0.336 e. The van der Waals surface area contributed by atoms with Crippen LogP contribution >= 0.6 is 0 Å². The van der Waals surface area contributed by atoms with Gasteiger partial charge in [0.1, 0.15) is 0 Å². The summed E-state index contributed by atoms with van der Waals surface area (Å²) in [5.41, 5.74) is 1.82. The lowest BCUT2D eigenvalue weighted by Crippen LogP contribution is -2.15. The maximum absolute atomic E-state index is 11.7. The van der Waals surface area contributed by atoms with Gasteiger partial charge in [-0.1, -0.05) is 47.1 Å². The van der Waals surface area contributed by atoms with E-state index in [1.54, 1.807) is 0 Å².